The summed E-state index contributed by atoms with van der Waals surface area (Å²) < 4.78 is 0. The van der Waals surface area contributed by atoms with Crippen molar-refractivity contribution in [3.8, 4) is 0 Å². The minimum atomic E-state index is -1.15. The van der Waals surface area contributed by atoms with Crippen LogP contribution < -0.4 is 16.4 Å². The molecule has 0 radical (unpaired) electrons. The second-order valence-electron chi connectivity index (χ2n) is 6.74. The third-order valence-corrected chi connectivity index (χ3v) is 4.65. The van der Waals surface area contributed by atoms with Crippen LogP contribution in [0.5, 0.6) is 0 Å². The minimum absolute atomic E-state index is 0.00805. The largest absolute Gasteiger partial charge is 0.368 e. The van der Waals surface area contributed by atoms with Gasteiger partial charge in [-0.2, -0.15) is 15.0 Å². The summed E-state index contributed by atoms with van der Waals surface area (Å²) in [5.41, 5.74) is 6.11. The van der Waals surface area contributed by atoms with E-state index < -0.39 is 11.6 Å². The maximum atomic E-state index is 13.0. The first-order chi connectivity index (χ1) is 14.0. The molecule has 9 heteroatoms. The van der Waals surface area contributed by atoms with Crippen LogP contribution in [0.1, 0.15) is 18.3 Å². The van der Waals surface area contributed by atoms with Gasteiger partial charge in [0, 0.05) is 5.69 Å². The number of carbonyl (C=O) groups excluding carboxylic acids is 2. The van der Waals surface area contributed by atoms with Gasteiger partial charge in [0.25, 0.3) is 5.91 Å². The maximum Gasteiger partial charge on any atom is 0.325 e. The Kier molecular flexibility index (Phi) is 4.55. The summed E-state index contributed by atoms with van der Waals surface area (Å²) in [4.78, 5) is 39.0. The fourth-order valence-electron chi connectivity index (χ4n) is 3.16. The number of hydrogen-bond acceptors (Lipinski definition) is 7. The van der Waals surface area contributed by atoms with E-state index in [-0.39, 0.29) is 30.2 Å². The lowest BCUT2D eigenvalue weighted by Gasteiger charge is -2.22. The lowest BCUT2D eigenvalue weighted by Crippen LogP contribution is -2.40. The van der Waals surface area contributed by atoms with Crippen LogP contribution in [0.3, 0.4) is 0 Å². The van der Waals surface area contributed by atoms with Crippen molar-refractivity contribution in [1.82, 2.24) is 25.2 Å². The van der Waals surface area contributed by atoms with E-state index in [9.17, 15) is 9.59 Å². The number of imide groups is 1. The Balaban J connectivity index is 1.58. The van der Waals surface area contributed by atoms with E-state index >= 15 is 0 Å². The van der Waals surface area contributed by atoms with Crippen molar-refractivity contribution in [2.24, 2.45) is 0 Å². The Bertz CT molecular complexity index is 1060. The summed E-state index contributed by atoms with van der Waals surface area (Å²) in [6, 6.07) is 17.9. The molecule has 4 N–H and O–H groups in total. The average molecular weight is 389 g/mol. The standard InChI is InChI=1S/C20H19N7O2/c1-20(13-8-4-2-5-9-13)16(28)27(19(29)26-20)12-15-23-17(21)25-18(24-15)22-14-10-6-3-7-11-14/h2-11H,12H2,1H3,(H,26,29)(H3,21,22,23,24,25)/t20-/m1/s1. The van der Waals surface area contributed by atoms with Crippen LogP contribution in [0.2, 0.25) is 0 Å². The van der Waals surface area contributed by atoms with Crippen molar-refractivity contribution >= 4 is 29.5 Å². The van der Waals surface area contributed by atoms with Gasteiger partial charge in [-0.3, -0.25) is 9.69 Å². The molecular formula is C20H19N7O2. The number of para-hydroxylation sites is 1. The first-order valence-electron chi connectivity index (χ1n) is 8.98. The minimum Gasteiger partial charge on any atom is -0.368 e. The van der Waals surface area contributed by atoms with Crippen LogP contribution >= 0.6 is 0 Å². The summed E-state index contributed by atoms with van der Waals surface area (Å²) >= 11 is 0. The molecule has 0 spiro atoms. The van der Waals surface area contributed by atoms with E-state index in [1.54, 1.807) is 19.1 Å². The second kappa shape index (κ2) is 7.19. The van der Waals surface area contributed by atoms with Crippen molar-refractivity contribution < 1.29 is 9.59 Å². The molecule has 0 aliphatic carbocycles. The molecule has 1 saturated heterocycles. The molecule has 0 saturated carbocycles. The Hall–Kier alpha value is -4.01. The SMILES string of the molecule is C[C@]1(c2ccccc2)NC(=O)N(Cc2nc(N)nc(Nc3ccccc3)n2)C1=O. The van der Waals surface area contributed by atoms with Gasteiger partial charge in [-0.15, -0.1) is 0 Å². The molecule has 1 fully saturated rings. The number of carbonyl (C=O) groups is 2. The fraction of sp³-hybridized carbons (Fsp3) is 0.150. The third kappa shape index (κ3) is 3.57. The zero-order valence-electron chi connectivity index (χ0n) is 15.7. The third-order valence-electron chi connectivity index (χ3n) is 4.65. The fourth-order valence-corrected chi connectivity index (χ4v) is 3.16. The molecule has 3 aromatic rings. The quantitative estimate of drug-likeness (QED) is 0.571. The predicted octanol–water partition coefficient (Wildman–Crippen LogP) is 2.16. The lowest BCUT2D eigenvalue weighted by atomic mass is 9.92. The number of hydrogen-bond donors (Lipinski definition) is 3. The summed E-state index contributed by atoms with van der Waals surface area (Å²) in [7, 11) is 0. The first-order valence-corrected chi connectivity index (χ1v) is 8.98. The average Bonchev–Trinajstić information content (AvgIpc) is 2.93. The van der Waals surface area contributed by atoms with E-state index in [1.807, 2.05) is 48.5 Å². The number of nitrogens with two attached hydrogens (primary N) is 1. The lowest BCUT2D eigenvalue weighted by molar-refractivity contribution is -0.131. The molecule has 1 aliphatic rings. The number of nitrogens with one attached hydrogen (secondary N) is 2. The Morgan fingerprint density at radius 2 is 1.66 bits per heavy atom. The molecule has 1 atom stereocenters. The zero-order chi connectivity index (χ0) is 20.4. The van der Waals surface area contributed by atoms with E-state index in [0.29, 0.717) is 5.56 Å². The van der Waals surface area contributed by atoms with Crippen LogP contribution in [-0.4, -0.2) is 31.8 Å². The van der Waals surface area contributed by atoms with Crippen LogP contribution in [0, 0.1) is 0 Å². The summed E-state index contributed by atoms with van der Waals surface area (Å²) in [5, 5.41) is 5.78. The van der Waals surface area contributed by atoms with Gasteiger partial charge in [0.15, 0.2) is 5.82 Å². The first kappa shape index (κ1) is 18.4. The van der Waals surface area contributed by atoms with Crippen LogP contribution in [0.4, 0.5) is 22.4 Å². The van der Waals surface area contributed by atoms with Crippen LogP contribution in [0.25, 0.3) is 0 Å². The number of nitrogens with zero attached hydrogens (tertiary/aromatic N) is 4. The Morgan fingerprint density at radius 1 is 1.00 bits per heavy atom. The normalized spacial score (nSPS) is 18.6. The summed E-state index contributed by atoms with van der Waals surface area (Å²) in [6.07, 6.45) is 0. The molecule has 2 aromatic carbocycles. The smallest absolute Gasteiger partial charge is 0.325 e. The molecule has 1 aliphatic heterocycles. The van der Waals surface area contributed by atoms with E-state index in [4.69, 9.17) is 5.73 Å². The molecule has 146 valence electrons. The van der Waals surface area contributed by atoms with Gasteiger partial charge in [0.2, 0.25) is 11.9 Å². The molecule has 2 heterocycles. The van der Waals surface area contributed by atoms with E-state index in [0.717, 1.165) is 10.6 Å². The van der Waals surface area contributed by atoms with Crippen molar-refractivity contribution in [2.45, 2.75) is 19.0 Å². The highest BCUT2D eigenvalue weighted by molar-refractivity contribution is 6.07. The number of nitrogen functional groups attached to an aromatic ring is 1. The highest BCUT2D eigenvalue weighted by Crippen LogP contribution is 2.29. The van der Waals surface area contributed by atoms with Crippen molar-refractivity contribution in [3.63, 3.8) is 0 Å². The summed E-state index contributed by atoms with van der Waals surface area (Å²) in [6.45, 7) is 1.55. The number of rotatable bonds is 5. The number of amides is 3. The van der Waals surface area contributed by atoms with Gasteiger partial charge >= 0.3 is 6.03 Å². The van der Waals surface area contributed by atoms with Crippen molar-refractivity contribution in [2.75, 3.05) is 11.1 Å². The van der Waals surface area contributed by atoms with Crippen LogP contribution in [0.15, 0.2) is 60.7 Å². The van der Waals surface area contributed by atoms with Gasteiger partial charge in [0.1, 0.15) is 5.54 Å². The zero-order valence-corrected chi connectivity index (χ0v) is 15.7. The predicted molar refractivity (Wildman–Crippen MR) is 107 cm³/mol. The Labute approximate surface area is 167 Å². The molecule has 29 heavy (non-hydrogen) atoms. The number of aromatic nitrogens is 3. The Morgan fingerprint density at radius 3 is 2.34 bits per heavy atom. The van der Waals surface area contributed by atoms with E-state index in [1.165, 1.54) is 0 Å². The molecule has 9 nitrogen and oxygen atoms in total. The number of benzene rings is 2. The van der Waals surface area contributed by atoms with Gasteiger partial charge in [-0.25, -0.2) is 4.79 Å². The van der Waals surface area contributed by atoms with Gasteiger partial charge in [0.05, 0.1) is 6.54 Å². The van der Waals surface area contributed by atoms with Gasteiger partial charge < -0.3 is 16.4 Å². The molecule has 0 bridgehead atoms. The summed E-state index contributed by atoms with van der Waals surface area (Å²) in [5.74, 6) is 0.0462. The molecular weight excluding hydrogens is 370 g/mol. The highest BCUT2D eigenvalue weighted by atomic mass is 16.2. The molecule has 0 unspecified atom stereocenters. The maximum absolute atomic E-state index is 13.0. The van der Waals surface area contributed by atoms with Crippen molar-refractivity contribution in [1.29, 1.82) is 0 Å². The molecule has 3 amide bonds. The van der Waals surface area contributed by atoms with Crippen LogP contribution in [-0.2, 0) is 16.9 Å². The molecule has 1 aromatic heterocycles. The number of anilines is 3. The highest BCUT2D eigenvalue weighted by Gasteiger charge is 2.49. The second-order valence-corrected chi connectivity index (χ2v) is 6.74. The van der Waals surface area contributed by atoms with E-state index in [2.05, 4.69) is 25.6 Å². The number of urea groups is 1. The van der Waals surface area contributed by atoms with Gasteiger partial charge in [-0.1, -0.05) is 48.5 Å². The van der Waals surface area contributed by atoms with Crippen molar-refractivity contribution in [3.05, 3.63) is 72.1 Å². The molecule has 4 rings (SSSR count). The van der Waals surface area contributed by atoms with Gasteiger partial charge in [-0.05, 0) is 24.6 Å². The topological polar surface area (TPSA) is 126 Å². The monoisotopic (exact) mass is 389 g/mol.